The van der Waals surface area contributed by atoms with Crippen molar-refractivity contribution in [3.63, 3.8) is 0 Å². The molecule has 1 aromatic rings. The molecular weight excluding hydrogens is 491 g/mol. The van der Waals surface area contributed by atoms with E-state index in [1.165, 1.54) is 0 Å². The lowest BCUT2D eigenvalue weighted by Crippen LogP contribution is -2.50. The minimum absolute atomic E-state index is 0. The van der Waals surface area contributed by atoms with E-state index in [0.717, 1.165) is 18.8 Å². The Morgan fingerprint density at radius 2 is 1.86 bits per heavy atom. The lowest BCUT2D eigenvalue weighted by atomic mass is 10.1. The fraction of sp³-hybridized carbons (Fsp3) is 0.667. The van der Waals surface area contributed by atoms with E-state index in [9.17, 15) is 8.42 Å². The van der Waals surface area contributed by atoms with Gasteiger partial charge < -0.3 is 15.5 Å². The summed E-state index contributed by atoms with van der Waals surface area (Å²) in [6.45, 7) is 7.77. The van der Waals surface area contributed by atoms with E-state index in [0.29, 0.717) is 44.6 Å². The molecule has 0 saturated carbocycles. The van der Waals surface area contributed by atoms with Gasteiger partial charge in [-0.05, 0) is 24.5 Å². The third-order valence-corrected chi connectivity index (χ3v) is 6.37. The van der Waals surface area contributed by atoms with E-state index in [2.05, 4.69) is 39.4 Å². The summed E-state index contributed by atoms with van der Waals surface area (Å²) in [6, 6.07) is 5.77. The average molecular weight is 524 g/mol. The van der Waals surface area contributed by atoms with Crippen LogP contribution in [0, 0.1) is 5.92 Å². The molecule has 0 bridgehead atoms. The number of rotatable bonds is 8. The van der Waals surface area contributed by atoms with E-state index in [4.69, 9.17) is 0 Å². The highest BCUT2D eigenvalue weighted by Crippen LogP contribution is 2.14. The van der Waals surface area contributed by atoms with Crippen LogP contribution in [0.3, 0.4) is 0 Å². The fourth-order valence-corrected chi connectivity index (χ4v) is 4.20. The van der Waals surface area contributed by atoms with Gasteiger partial charge in [0, 0.05) is 52.5 Å². The number of anilines is 1. The molecule has 1 fully saturated rings. The van der Waals surface area contributed by atoms with Gasteiger partial charge in [-0.2, -0.15) is 4.31 Å². The number of aliphatic imine (C=N–C) groups is 1. The highest BCUT2D eigenvalue weighted by atomic mass is 127. The Hall–Kier alpha value is -1.14. The van der Waals surface area contributed by atoms with Crippen LogP contribution in [0.5, 0.6) is 0 Å². The molecule has 1 aliphatic heterocycles. The van der Waals surface area contributed by atoms with Crippen LogP contribution >= 0.6 is 24.0 Å². The van der Waals surface area contributed by atoms with Crippen LogP contribution in [0.25, 0.3) is 0 Å². The largest absolute Gasteiger partial charge is 0.356 e. The van der Waals surface area contributed by atoms with Gasteiger partial charge in [0.15, 0.2) is 5.96 Å². The Balaban J connectivity index is 0.00000392. The Morgan fingerprint density at radius 3 is 2.43 bits per heavy atom. The Kier molecular flexibility index (Phi) is 11.1. The second kappa shape index (κ2) is 12.4. The molecule has 0 amide bonds. The van der Waals surface area contributed by atoms with Crippen molar-refractivity contribution in [2.24, 2.45) is 10.9 Å². The van der Waals surface area contributed by atoms with Crippen LogP contribution in [0.1, 0.15) is 20.3 Å². The first kappa shape index (κ1) is 24.9. The molecule has 28 heavy (non-hydrogen) atoms. The Bertz CT molecular complexity index is 691. The molecule has 1 aromatic heterocycles. The maximum Gasteiger partial charge on any atom is 0.215 e. The van der Waals surface area contributed by atoms with Crippen LogP contribution in [0.15, 0.2) is 29.4 Å². The standard InChI is InChI=1S/C18H32N6O2S.HI/c1-16(2)7-9-21-18(19-3)22-10-15-27(25,26)24-13-11-23(12-14-24)17-6-4-5-8-20-17;/h4-6,8,16H,7,9-15H2,1-3H3,(H2,19,21,22);1H. The van der Waals surface area contributed by atoms with Gasteiger partial charge in [-0.15, -0.1) is 24.0 Å². The van der Waals surface area contributed by atoms with Crippen LogP contribution in [-0.2, 0) is 10.0 Å². The maximum atomic E-state index is 12.6. The average Bonchev–Trinajstić information content (AvgIpc) is 2.67. The van der Waals surface area contributed by atoms with Crippen LogP contribution in [0.2, 0.25) is 0 Å². The molecule has 0 unspecified atom stereocenters. The fourth-order valence-electron chi connectivity index (χ4n) is 2.86. The summed E-state index contributed by atoms with van der Waals surface area (Å²) in [4.78, 5) is 10.6. The normalized spacial score (nSPS) is 16.0. The van der Waals surface area contributed by atoms with Crippen molar-refractivity contribution >= 4 is 45.8 Å². The van der Waals surface area contributed by atoms with Crippen molar-refractivity contribution in [2.45, 2.75) is 20.3 Å². The molecule has 2 rings (SSSR count). The SMILES string of the molecule is CN=C(NCCC(C)C)NCCS(=O)(=O)N1CCN(c2ccccn2)CC1.I. The summed E-state index contributed by atoms with van der Waals surface area (Å²) in [6.07, 6.45) is 2.80. The number of nitrogens with zero attached hydrogens (tertiary/aromatic N) is 4. The number of halogens is 1. The molecule has 0 atom stereocenters. The molecule has 2 heterocycles. The summed E-state index contributed by atoms with van der Waals surface area (Å²) in [5, 5.41) is 6.29. The minimum Gasteiger partial charge on any atom is -0.356 e. The lowest BCUT2D eigenvalue weighted by Gasteiger charge is -2.34. The highest BCUT2D eigenvalue weighted by Gasteiger charge is 2.27. The minimum atomic E-state index is -3.29. The van der Waals surface area contributed by atoms with Crippen LogP contribution in [-0.4, -0.2) is 75.7 Å². The summed E-state index contributed by atoms with van der Waals surface area (Å²) >= 11 is 0. The number of pyridine rings is 1. The molecule has 10 heteroatoms. The molecule has 0 aliphatic carbocycles. The molecule has 8 nitrogen and oxygen atoms in total. The Morgan fingerprint density at radius 1 is 1.18 bits per heavy atom. The molecular formula is C18H33IN6O2S. The first-order chi connectivity index (χ1) is 12.9. The predicted molar refractivity (Wildman–Crippen MR) is 126 cm³/mol. The second-order valence-electron chi connectivity index (χ2n) is 7.00. The van der Waals surface area contributed by atoms with Crippen molar-refractivity contribution in [3.8, 4) is 0 Å². The number of guanidine groups is 1. The van der Waals surface area contributed by atoms with Gasteiger partial charge >= 0.3 is 0 Å². The topological polar surface area (TPSA) is 89.9 Å². The monoisotopic (exact) mass is 524 g/mol. The van der Waals surface area contributed by atoms with Gasteiger partial charge in [0.25, 0.3) is 0 Å². The Labute approximate surface area is 186 Å². The zero-order valence-corrected chi connectivity index (χ0v) is 20.1. The van der Waals surface area contributed by atoms with E-state index in [1.54, 1.807) is 17.5 Å². The molecule has 1 saturated heterocycles. The smallest absolute Gasteiger partial charge is 0.215 e. The van der Waals surface area contributed by atoms with Crippen molar-refractivity contribution in [2.75, 3.05) is 57.0 Å². The van der Waals surface area contributed by atoms with Gasteiger partial charge in [0.1, 0.15) is 5.82 Å². The molecule has 0 aromatic carbocycles. The van der Waals surface area contributed by atoms with E-state index >= 15 is 0 Å². The van der Waals surface area contributed by atoms with Crippen molar-refractivity contribution in [3.05, 3.63) is 24.4 Å². The van der Waals surface area contributed by atoms with E-state index in [1.807, 2.05) is 18.2 Å². The first-order valence-corrected chi connectivity index (χ1v) is 11.1. The number of aromatic nitrogens is 1. The summed E-state index contributed by atoms with van der Waals surface area (Å²) in [5.74, 6) is 2.21. The predicted octanol–water partition coefficient (Wildman–Crippen LogP) is 1.36. The molecule has 0 radical (unpaired) electrons. The number of piperazine rings is 1. The maximum absolute atomic E-state index is 12.6. The van der Waals surface area contributed by atoms with Crippen LogP contribution < -0.4 is 15.5 Å². The summed E-state index contributed by atoms with van der Waals surface area (Å²) < 4.78 is 26.8. The van der Waals surface area contributed by atoms with E-state index in [-0.39, 0.29) is 29.7 Å². The van der Waals surface area contributed by atoms with Gasteiger partial charge in [-0.3, -0.25) is 4.99 Å². The van der Waals surface area contributed by atoms with Crippen molar-refractivity contribution in [1.29, 1.82) is 0 Å². The zero-order chi connectivity index (χ0) is 19.7. The van der Waals surface area contributed by atoms with Gasteiger partial charge in [-0.1, -0.05) is 19.9 Å². The number of nitrogens with one attached hydrogen (secondary N) is 2. The third kappa shape index (κ3) is 8.08. The van der Waals surface area contributed by atoms with E-state index < -0.39 is 10.0 Å². The molecule has 1 aliphatic rings. The molecule has 160 valence electrons. The summed E-state index contributed by atoms with van der Waals surface area (Å²) in [7, 11) is -1.60. The quantitative estimate of drug-likeness (QED) is 0.304. The molecule has 0 spiro atoms. The van der Waals surface area contributed by atoms with Gasteiger partial charge in [0.2, 0.25) is 10.0 Å². The van der Waals surface area contributed by atoms with Gasteiger partial charge in [0.05, 0.1) is 5.75 Å². The third-order valence-electron chi connectivity index (χ3n) is 4.50. The van der Waals surface area contributed by atoms with Crippen LogP contribution in [0.4, 0.5) is 5.82 Å². The number of hydrogen-bond donors (Lipinski definition) is 2. The summed E-state index contributed by atoms with van der Waals surface area (Å²) in [5.41, 5.74) is 0. The van der Waals surface area contributed by atoms with Gasteiger partial charge in [-0.25, -0.2) is 13.4 Å². The highest BCUT2D eigenvalue weighted by molar-refractivity contribution is 14.0. The lowest BCUT2D eigenvalue weighted by molar-refractivity contribution is 0.384. The second-order valence-corrected chi connectivity index (χ2v) is 9.09. The first-order valence-electron chi connectivity index (χ1n) is 9.50. The zero-order valence-electron chi connectivity index (χ0n) is 17.0. The van der Waals surface area contributed by atoms with Crippen molar-refractivity contribution in [1.82, 2.24) is 19.9 Å². The van der Waals surface area contributed by atoms with Crippen molar-refractivity contribution < 1.29 is 8.42 Å². The molecule has 2 N–H and O–H groups in total. The number of hydrogen-bond acceptors (Lipinski definition) is 5. The number of sulfonamides is 1.